The first-order valence-electron chi connectivity index (χ1n) is 6.54. The Labute approximate surface area is 138 Å². The average Bonchev–Trinajstić information content (AvgIpc) is 2.45. The van der Waals surface area contributed by atoms with Crippen LogP contribution in [0.25, 0.3) is 0 Å². The van der Waals surface area contributed by atoms with Crippen molar-refractivity contribution in [3.8, 4) is 0 Å². The van der Waals surface area contributed by atoms with E-state index in [1.807, 2.05) is 0 Å². The number of amides is 1. The zero-order valence-electron chi connectivity index (χ0n) is 12.1. The molecule has 23 heavy (non-hydrogen) atoms. The Hall–Kier alpha value is -2.12. The minimum Gasteiger partial charge on any atom is -0.374 e. The number of carbonyl (C=O) groups is 1. The third-order valence-corrected chi connectivity index (χ3v) is 4.26. The van der Waals surface area contributed by atoms with Crippen LogP contribution in [0.4, 0.5) is 15.8 Å². The molecule has 8 heteroatoms. The maximum absolute atomic E-state index is 13.6. The molecule has 0 aliphatic carbocycles. The maximum Gasteiger partial charge on any atom is 0.243 e. The van der Waals surface area contributed by atoms with Crippen molar-refractivity contribution < 1.29 is 17.6 Å². The number of nitrogens with one attached hydrogen (secondary N) is 2. The lowest BCUT2D eigenvalue weighted by Crippen LogP contribution is -2.22. The van der Waals surface area contributed by atoms with Gasteiger partial charge in [0.1, 0.15) is 5.82 Å². The molecule has 0 bridgehead atoms. The summed E-state index contributed by atoms with van der Waals surface area (Å²) in [5.74, 6) is -1.01. The van der Waals surface area contributed by atoms with Crippen molar-refractivity contribution in [1.82, 2.24) is 0 Å². The van der Waals surface area contributed by atoms with Crippen LogP contribution >= 0.6 is 11.6 Å². The predicted molar refractivity (Wildman–Crippen MR) is 88.1 cm³/mol. The second-order valence-electron chi connectivity index (χ2n) is 4.83. The van der Waals surface area contributed by atoms with Crippen LogP contribution < -0.4 is 10.6 Å². The largest absolute Gasteiger partial charge is 0.374 e. The Bertz CT molecular complexity index is 840. The molecule has 0 aromatic heterocycles. The quantitative estimate of drug-likeness (QED) is 0.863. The Morgan fingerprint density at radius 3 is 2.61 bits per heavy atom. The molecule has 1 amide bonds. The molecule has 2 rings (SSSR count). The fourth-order valence-corrected chi connectivity index (χ4v) is 2.64. The van der Waals surface area contributed by atoms with E-state index >= 15 is 0 Å². The lowest BCUT2D eigenvalue weighted by molar-refractivity contribution is -0.114. The van der Waals surface area contributed by atoms with E-state index in [0.717, 1.165) is 12.3 Å². The molecule has 5 nitrogen and oxygen atoms in total. The van der Waals surface area contributed by atoms with Crippen LogP contribution in [-0.2, 0) is 14.6 Å². The van der Waals surface area contributed by atoms with E-state index in [4.69, 9.17) is 11.6 Å². The van der Waals surface area contributed by atoms with Gasteiger partial charge in [0.25, 0.3) is 0 Å². The Balaban J connectivity index is 2.00. The predicted octanol–water partition coefficient (Wildman–Crippen LogP) is 2.93. The average molecular weight is 357 g/mol. The molecule has 0 aliphatic heterocycles. The Morgan fingerprint density at radius 1 is 1.22 bits per heavy atom. The second kappa shape index (κ2) is 6.97. The highest BCUT2D eigenvalue weighted by molar-refractivity contribution is 7.90. The molecule has 0 atom stereocenters. The molecule has 0 saturated heterocycles. The zero-order chi connectivity index (χ0) is 17.0. The number of rotatable bonds is 5. The molecule has 0 heterocycles. The van der Waals surface area contributed by atoms with Crippen LogP contribution in [0.2, 0.25) is 5.02 Å². The number of hydrogen-bond acceptors (Lipinski definition) is 4. The van der Waals surface area contributed by atoms with Crippen molar-refractivity contribution in [2.75, 3.05) is 23.4 Å². The summed E-state index contributed by atoms with van der Waals surface area (Å²) in [4.78, 5) is 12.0. The summed E-state index contributed by atoms with van der Waals surface area (Å²) in [6, 6.07) is 9.95. The molecule has 0 fully saturated rings. The molecular weight excluding hydrogens is 343 g/mol. The Morgan fingerprint density at radius 2 is 1.96 bits per heavy atom. The highest BCUT2D eigenvalue weighted by atomic mass is 35.5. The first-order valence-corrected chi connectivity index (χ1v) is 8.81. The van der Waals surface area contributed by atoms with Gasteiger partial charge < -0.3 is 10.6 Å². The van der Waals surface area contributed by atoms with Crippen LogP contribution in [0, 0.1) is 5.82 Å². The van der Waals surface area contributed by atoms with Gasteiger partial charge in [-0.3, -0.25) is 4.79 Å². The fraction of sp³-hybridized carbons (Fsp3) is 0.133. The molecular formula is C15H14ClFN2O3S. The standard InChI is InChI=1S/C15H14ClFN2O3S/c1-23(21,22)12-4-2-3-11(8-12)19-15(20)9-18-14-6-5-10(16)7-13(14)17/h2-8,18H,9H2,1H3,(H,19,20). The number of sulfone groups is 1. The van der Waals surface area contributed by atoms with Crippen LogP contribution in [0.5, 0.6) is 0 Å². The molecule has 0 spiro atoms. The van der Waals surface area contributed by atoms with Gasteiger partial charge in [-0.2, -0.15) is 0 Å². The van der Waals surface area contributed by atoms with Crippen molar-refractivity contribution in [1.29, 1.82) is 0 Å². The molecule has 2 aromatic carbocycles. The summed E-state index contributed by atoms with van der Waals surface area (Å²) in [5, 5.41) is 5.44. The van der Waals surface area contributed by atoms with Gasteiger partial charge in [0, 0.05) is 17.0 Å². The van der Waals surface area contributed by atoms with Crippen LogP contribution in [0.1, 0.15) is 0 Å². The SMILES string of the molecule is CS(=O)(=O)c1cccc(NC(=O)CNc2ccc(Cl)cc2F)c1. The van der Waals surface area contributed by atoms with E-state index in [1.54, 1.807) is 6.07 Å². The first kappa shape index (κ1) is 17.2. The second-order valence-corrected chi connectivity index (χ2v) is 7.28. The Kier molecular flexibility index (Phi) is 5.23. The van der Waals surface area contributed by atoms with Crippen molar-refractivity contribution in [2.24, 2.45) is 0 Å². The smallest absolute Gasteiger partial charge is 0.243 e. The van der Waals surface area contributed by atoms with Gasteiger partial charge in [-0.1, -0.05) is 17.7 Å². The number of benzene rings is 2. The summed E-state index contributed by atoms with van der Waals surface area (Å²) in [6.07, 6.45) is 1.08. The van der Waals surface area contributed by atoms with E-state index < -0.39 is 21.6 Å². The van der Waals surface area contributed by atoms with Crippen molar-refractivity contribution >= 4 is 38.7 Å². The third kappa shape index (κ3) is 4.94. The summed E-state index contributed by atoms with van der Waals surface area (Å²) >= 11 is 5.64. The number of anilines is 2. The summed E-state index contributed by atoms with van der Waals surface area (Å²) in [7, 11) is -3.36. The van der Waals surface area contributed by atoms with Gasteiger partial charge in [0.05, 0.1) is 17.1 Å². The number of halogens is 2. The van der Waals surface area contributed by atoms with Crippen LogP contribution in [0.3, 0.4) is 0 Å². The highest BCUT2D eigenvalue weighted by Crippen LogP contribution is 2.19. The molecule has 0 unspecified atom stereocenters. The zero-order valence-corrected chi connectivity index (χ0v) is 13.7. The lowest BCUT2D eigenvalue weighted by atomic mass is 10.3. The van der Waals surface area contributed by atoms with E-state index in [9.17, 15) is 17.6 Å². The van der Waals surface area contributed by atoms with Crippen LogP contribution in [0.15, 0.2) is 47.4 Å². The lowest BCUT2D eigenvalue weighted by Gasteiger charge is -2.09. The molecule has 2 N–H and O–H groups in total. The van der Waals surface area contributed by atoms with Gasteiger partial charge in [-0.05, 0) is 36.4 Å². The van der Waals surface area contributed by atoms with Gasteiger partial charge in [-0.15, -0.1) is 0 Å². The first-order chi connectivity index (χ1) is 10.8. The van der Waals surface area contributed by atoms with Gasteiger partial charge in [0.2, 0.25) is 5.91 Å². The minimum atomic E-state index is -3.36. The van der Waals surface area contributed by atoms with E-state index in [2.05, 4.69) is 10.6 Å². The van der Waals surface area contributed by atoms with E-state index in [0.29, 0.717) is 5.69 Å². The molecule has 0 aliphatic rings. The normalized spacial score (nSPS) is 11.1. The molecule has 2 aromatic rings. The highest BCUT2D eigenvalue weighted by Gasteiger charge is 2.10. The fourth-order valence-electron chi connectivity index (χ4n) is 1.82. The monoisotopic (exact) mass is 356 g/mol. The number of carbonyl (C=O) groups excluding carboxylic acids is 1. The maximum atomic E-state index is 13.6. The number of hydrogen-bond donors (Lipinski definition) is 2. The van der Waals surface area contributed by atoms with Crippen LogP contribution in [-0.4, -0.2) is 27.1 Å². The van der Waals surface area contributed by atoms with Crippen molar-refractivity contribution in [3.63, 3.8) is 0 Å². The van der Waals surface area contributed by atoms with Crippen molar-refractivity contribution in [3.05, 3.63) is 53.3 Å². The topological polar surface area (TPSA) is 75.3 Å². The van der Waals surface area contributed by atoms with Crippen molar-refractivity contribution in [2.45, 2.75) is 4.90 Å². The molecule has 122 valence electrons. The van der Waals surface area contributed by atoms with E-state index in [-0.39, 0.29) is 22.2 Å². The summed E-state index contributed by atoms with van der Waals surface area (Å²) in [6.45, 7) is -0.179. The van der Waals surface area contributed by atoms with Gasteiger partial charge in [-0.25, -0.2) is 12.8 Å². The summed E-state index contributed by atoms with van der Waals surface area (Å²) in [5.41, 5.74) is 0.491. The molecule has 0 saturated carbocycles. The summed E-state index contributed by atoms with van der Waals surface area (Å²) < 4.78 is 36.5. The van der Waals surface area contributed by atoms with E-state index in [1.165, 1.54) is 30.3 Å². The van der Waals surface area contributed by atoms with Gasteiger partial charge >= 0.3 is 0 Å². The third-order valence-electron chi connectivity index (χ3n) is 2.92. The molecule has 0 radical (unpaired) electrons. The van der Waals surface area contributed by atoms with Gasteiger partial charge in [0.15, 0.2) is 9.84 Å². The minimum absolute atomic E-state index is 0.104.